The molecule has 5 nitrogen and oxygen atoms in total. The van der Waals surface area contributed by atoms with Gasteiger partial charge in [-0.15, -0.1) is 11.3 Å². The van der Waals surface area contributed by atoms with Gasteiger partial charge in [0.15, 0.2) is 0 Å². The molecule has 6 heteroatoms. The number of rotatable bonds is 4. The summed E-state index contributed by atoms with van der Waals surface area (Å²) in [5.74, 6) is -0.146. The van der Waals surface area contributed by atoms with E-state index in [4.69, 9.17) is 4.99 Å². The fourth-order valence-corrected chi connectivity index (χ4v) is 6.59. The van der Waals surface area contributed by atoms with Crippen molar-refractivity contribution < 1.29 is 9.59 Å². The number of benzene rings is 1. The van der Waals surface area contributed by atoms with Crippen LogP contribution in [0.3, 0.4) is 0 Å². The molecule has 5 rings (SSSR count). The van der Waals surface area contributed by atoms with E-state index in [1.165, 1.54) is 41.7 Å². The second kappa shape index (κ2) is 9.18. The van der Waals surface area contributed by atoms with Crippen molar-refractivity contribution in [3.63, 3.8) is 0 Å². The van der Waals surface area contributed by atoms with E-state index in [1.807, 2.05) is 0 Å². The summed E-state index contributed by atoms with van der Waals surface area (Å²) in [6.45, 7) is 2.24. The Bertz CT molecular complexity index is 1050. The molecule has 32 heavy (non-hydrogen) atoms. The summed E-state index contributed by atoms with van der Waals surface area (Å²) in [5.41, 5.74) is 5.58. The second-order valence-corrected chi connectivity index (χ2v) is 10.4. The Labute approximate surface area is 193 Å². The third kappa shape index (κ3) is 4.25. The largest absolute Gasteiger partial charge is 0.352 e. The standard InChI is InChI=1S/C26H31N3O2S/c1-17-11-13-18(14-12-17)25-24-20-9-5-6-10-21(20)32-26(24)29(23(31)15-27-25)16-22(30)28-19-7-3-2-4-8-19/h11-14,19H,2-10,15-16H2,1H3,(H,28,30). The maximum absolute atomic E-state index is 13.2. The maximum Gasteiger partial charge on any atom is 0.249 e. The Balaban J connectivity index is 1.49. The van der Waals surface area contributed by atoms with E-state index < -0.39 is 0 Å². The van der Waals surface area contributed by atoms with Crippen molar-refractivity contribution in [1.29, 1.82) is 0 Å². The number of aryl methyl sites for hydroxylation is 2. The van der Waals surface area contributed by atoms with Crippen LogP contribution in [0.4, 0.5) is 5.00 Å². The second-order valence-electron chi connectivity index (χ2n) is 9.30. The number of carbonyl (C=O) groups is 2. The highest BCUT2D eigenvalue weighted by atomic mass is 32.1. The van der Waals surface area contributed by atoms with Crippen LogP contribution in [-0.4, -0.2) is 36.7 Å². The molecule has 168 valence electrons. The fraction of sp³-hybridized carbons (Fsp3) is 0.500. The van der Waals surface area contributed by atoms with E-state index in [9.17, 15) is 9.59 Å². The average molecular weight is 450 g/mol. The van der Waals surface area contributed by atoms with Gasteiger partial charge in [0.2, 0.25) is 11.8 Å². The monoisotopic (exact) mass is 449 g/mol. The maximum atomic E-state index is 13.2. The minimum absolute atomic E-state index is 0.0543. The van der Waals surface area contributed by atoms with Gasteiger partial charge in [-0.05, 0) is 51.0 Å². The van der Waals surface area contributed by atoms with Crippen LogP contribution in [0.2, 0.25) is 0 Å². The number of hydrogen-bond donors (Lipinski definition) is 1. The summed E-state index contributed by atoms with van der Waals surface area (Å²) in [6, 6.07) is 8.63. The minimum Gasteiger partial charge on any atom is -0.352 e. The Morgan fingerprint density at radius 3 is 2.62 bits per heavy atom. The molecule has 0 saturated heterocycles. The lowest BCUT2D eigenvalue weighted by molar-refractivity contribution is -0.123. The van der Waals surface area contributed by atoms with Gasteiger partial charge in [-0.25, -0.2) is 0 Å². The number of nitrogens with zero attached hydrogens (tertiary/aromatic N) is 2. The van der Waals surface area contributed by atoms with Crippen molar-refractivity contribution in [2.75, 3.05) is 18.0 Å². The van der Waals surface area contributed by atoms with E-state index in [0.29, 0.717) is 0 Å². The molecule has 2 amide bonds. The van der Waals surface area contributed by atoms with Gasteiger partial charge in [-0.2, -0.15) is 0 Å². The lowest BCUT2D eigenvalue weighted by Crippen LogP contribution is -2.45. The number of aliphatic imine (C=N–C) groups is 1. The number of anilines is 1. The van der Waals surface area contributed by atoms with E-state index in [-0.39, 0.29) is 30.9 Å². The normalized spacial score (nSPS) is 19.1. The Kier molecular flexibility index (Phi) is 6.13. The van der Waals surface area contributed by atoms with Gasteiger partial charge in [-0.1, -0.05) is 49.1 Å². The van der Waals surface area contributed by atoms with Gasteiger partial charge < -0.3 is 5.32 Å². The van der Waals surface area contributed by atoms with Crippen LogP contribution in [0.25, 0.3) is 0 Å². The van der Waals surface area contributed by atoms with Crippen LogP contribution in [0.1, 0.15) is 72.1 Å². The number of fused-ring (bicyclic) bond motifs is 3. The Morgan fingerprint density at radius 1 is 1.09 bits per heavy atom. The summed E-state index contributed by atoms with van der Waals surface area (Å²) in [4.78, 5) is 34.0. The number of hydrogen-bond acceptors (Lipinski definition) is 4. The molecule has 2 heterocycles. The summed E-state index contributed by atoms with van der Waals surface area (Å²) >= 11 is 1.70. The van der Waals surface area contributed by atoms with E-state index in [0.717, 1.165) is 53.9 Å². The minimum atomic E-state index is -0.0919. The molecule has 2 aliphatic carbocycles. The number of thiophene rings is 1. The molecule has 0 unspecified atom stereocenters. The number of amides is 2. The summed E-state index contributed by atoms with van der Waals surface area (Å²) < 4.78 is 0. The number of carbonyl (C=O) groups excluding carboxylic acids is 2. The summed E-state index contributed by atoms with van der Waals surface area (Å²) in [7, 11) is 0. The highest BCUT2D eigenvalue weighted by molar-refractivity contribution is 7.17. The van der Waals surface area contributed by atoms with Gasteiger partial charge in [0.05, 0.1) is 5.71 Å². The fourth-order valence-electron chi connectivity index (χ4n) is 5.18. The molecular formula is C26H31N3O2S. The van der Waals surface area contributed by atoms with Gasteiger partial charge in [-0.3, -0.25) is 19.5 Å². The van der Waals surface area contributed by atoms with Crippen LogP contribution in [0.15, 0.2) is 29.3 Å². The van der Waals surface area contributed by atoms with Crippen molar-refractivity contribution in [3.8, 4) is 0 Å². The first-order valence-electron chi connectivity index (χ1n) is 12.0. The molecule has 1 aromatic heterocycles. The number of nitrogens with one attached hydrogen (secondary N) is 1. The van der Waals surface area contributed by atoms with Crippen molar-refractivity contribution in [3.05, 3.63) is 51.4 Å². The summed E-state index contributed by atoms with van der Waals surface area (Å²) in [6.07, 6.45) is 10.1. The topological polar surface area (TPSA) is 61.8 Å². The lowest BCUT2D eigenvalue weighted by Gasteiger charge is -2.25. The average Bonchev–Trinajstić information content (AvgIpc) is 3.12. The van der Waals surface area contributed by atoms with Gasteiger partial charge >= 0.3 is 0 Å². The van der Waals surface area contributed by atoms with E-state index in [1.54, 1.807) is 16.2 Å². The first-order valence-corrected chi connectivity index (χ1v) is 12.8. The lowest BCUT2D eigenvalue weighted by atomic mass is 9.91. The highest BCUT2D eigenvalue weighted by Gasteiger charge is 2.33. The highest BCUT2D eigenvalue weighted by Crippen LogP contribution is 2.42. The third-order valence-corrected chi connectivity index (χ3v) is 8.22. The van der Waals surface area contributed by atoms with Gasteiger partial charge in [0, 0.05) is 22.0 Å². The SMILES string of the molecule is Cc1ccc(C2=NCC(=O)N(CC(=O)NC3CCCCC3)c3sc4c(c32)CCCC4)cc1. The van der Waals surface area contributed by atoms with Crippen LogP contribution >= 0.6 is 11.3 Å². The zero-order valence-corrected chi connectivity index (χ0v) is 19.6. The molecule has 0 radical (unpaired) electrons. The molecule has 0 bridgehead atoms. The Hall–Kier alpha value is -2.47. The molecule has 3 aliphatic rings. The van der Waals surface area contributed by atoms with Crippen molar-refractivity contribution in [1.82, 2.24) is 5.32 Å². The zero-order chi connectivity index (χ0) is 22.1. The quantitative estimate of drug-likeness (QED) is 0.743. The molecule has 2 aromatic rings. The predicted octanol–water partition coefficient (Wildman–Crippen LogP) is 4.57. The first kappa shape index (κ1) is 21.4. The van der Waals surface area contributed by atoms with Gasteiger partial charge in [0.25, 0.3) is 0 Å². The summed E-state index contributed by atoms with van der Waals surface area (Å²) in [5, 5.41) is 4.10. The van der Waals surface area contributed by atoms with E-state index >= 15 is 0 Å². The van der Waals surface area contributed by atoms with Crippen LogP contribution in [0, 0.1) is 6.92 Å². The van der Waals surface area contributed by atoms with Crippen molar-refractivity contribution in [2.24, 2.45) is 4.99 Å². The Morgan fingerprint density at radius 2 is 1.84 bits per heavy atom. The molecule has 1 fully saturated rings. The molecule has 0 atom stereocenters. The van der Waals surface area contributed by atoms with E-state index in [2.05, 4.69) is 36.5 Å². The van der Waals surface area contributed by atoms with Crippen LogP contribution < -0.4 is 10.2 Å². The molecular weight excluding hydrogens is 418 g/mol. The van der Waals surface area contributed by atoms with Crippen molar-refractivity contribution >= 4 is 33.9 Å². The molecule has 0 spiro atoms. The third-order valence-electron chi connectivity index (χ3n) is 6.91. The molecule has 1 aliphatic heterocycles. The molecule has 1 saturated carbocycles. The van der Waals surface area contributed by atoms with Crippen molar-refractivity contribution in [2.45, 2.75) is 70.8 Å². The zero-order valence-electron chi connectivity index (χ0n) is 18.8. The van der Waals surface area contributed by atoms with Crippen LogP contribution in [-0.2, 0) is 22.4 Å². The molecule has 1 aromatic carbocycles. The smallest absolute Gasteiger partial charge is 0.249 e. The van der Waals surface area contributed by atoms with Gasteiger partial charge in [0.1, 0.15) is 18.1 Å². The first-order chi connectivity index (χ1) is 15.6. The predicted molar refractivity (Wildman–Crippen MR) is 130 cm³/mol. The molecule has 1 N–H and O–H groups in total. The van der Waals surface area contributed by atoms with Crippen LogP contribution in [0.5, 0.6) is 0 Å².